The van der Waals surface area contributed by atoms with Gasteiger partial charge in [-0.1, -0.05) is 6.92 Å². The third-order valence-electron chi connectivity index (χ3n) is 2.60. The van der Waals surface area contributed by atoms with Gasteiger partial charge in [-0.05, 0) is 25.5 Å². The number of amides is 1. The molecule has 0 fully saturated rings. The van der Waals surface area contributed by atoms with E-state index in [2.05, 4.69) is 10.3 Å². The summed E-state index contributed by atoms with van der Waals surface area (Å²) < 4.78 is 24.6. The molecule has 0 spiro atoms. The fourth-order valence-electron chi connectivity index (χ4n) is 1.67. The summed E-state index contributed by atoms with van der Waals surface area (Å²) >= 11 is 0. The second kappa shape index (κ2) is 7.01. The van der Waals surface area contributed by atoms with Crippen molar-refractivity contribution < 1.29 is 13.6 Å². The first-order chi connectivity index (χ1) is 8.97. The number of aromatic nitrogens is 1. The maximum Gasteiger partial charge on any atom is 0.255 e. The third kappa shape index (κ3) is 4.46. The van der Waals surface area contributed by atoms with E-state index in [0.717, 1.165) is 10.6 Å². The molecule has 1 N–H and O–H groups in total. The van der Waals surface area contributed by atoms with Crippen LogP contribution in [0.2, 0.25) is 0 Å². The van der Waals surface area contributed by atoms with Crippen LogP contribution < -0.4 is 5.32 Å². The average molecular weight is 271 g/mol. The van der Waals surface area contributed by atoms with E-state index in [1.165, 1.54) is 7.05 Å². The maximum absolute atomic E-state index is 12.3. The van der Waals surface area contributed by atoms with Crippen LogP contribution in [0.4, 0.5) is 14.6 Å². The van der Waals surface area contributed by atoms with Gasteiger partial charge in [0.1, 0.15) is 5.82 Å². The highest BCUT2D eigenvalue weighted by molar-refractivity contribution is 5.94. The minimum atomic E-state index is -2.53. The van der Waals surface area contributed by atoms with Crippen molar-refractivity contribution in [1.29, 1.82) is 0 Å². The molecule has 0 unspecified atom stereocenters. The molecule has 6 heteroatoms. The molecule has 1 aromatic heterocycles. The summed E-state index contributed by atoms with van der Waals surface area (Å²) in [5.74, 6) is 0.173. The number of hydrogen-bond acceptors (Lipinski definition) is 3. The highest BCUT2D eigenvalue weighted by atomic mass is 19.3. The van der Waals surface area contributed by atoms with Gasteiger partial charge >= 0.3 is 0 Å². The molecule has 1 heterocycles. The molecular formula is C13H19F2N3O. The first-order valence-electron chi connectivity index (χ1n) is 6.26. The Kier molecular flexibility index (Phi) is 5.66. The Balaban J connectivity index is 2.97. The van der Waals surface area contributed by atoms with Crippen molar-refractivity contribution in [3.63, 3.8) is 0 Å². The lowest BCUT2D eigenvalue weighted by Gasteiger charge is -2.17. The fourth-order valence-corrected chi connectivity index (χ4v) is 1.67. The summed E-state index contributed by atoms with van der Waals surface area (Å²) in [6.45, 7) is 3.96. The van der Waals surface area contributed by atoms with Crippen molar-refractivity contribution in [2.45, 2.75) is 26.7 Å². The summed E-state index contributed by atoms with van der Waals surface area (Å²) in [7, 11) is 1.37. The summed E-state index contributed by atoms with van der Waals surface area (Å²) in [6, 6.07) is 3.23. The smallest absolute Gasteiger partial charge is 0.255 e. The summed E-state index contributed by atoms with van der Waals surface area (Å²) in [5, 5.41) is 3.03. The van der Waals surface area contributed by atoms with Crippen molar-refractivity contribution >= 4 is 11.7 Å². The van der Waals surface area contributed by atoms with Gasteiger partial charge in [0.05, 0.1) is 6.54 Å². The lowest BCUT2D eigenvalue weighted by molar-refractivity contribution is 0.0620. The molecule has 0 aliphatic carbocycles. The minimum Gasteiger partial charge on any atom is -0.370 e. The lowest BCUT2D eigenvalue weighted by Crippen LogP contribution is -2.31. The van der Waals surface area contributed by atoms with Gasteiger partial charge in [0, 0.05) is 24.8 Å². The predicted molar refractivity (Wildman–Crippen MR) is 70.7 cm³/mol. The Morgan fingerprint density at radius 3 is 2.63 bits per heavy atom. The van der Waals surface area contributed by atoms with E-state index in [1.807, 2.05) is 13.8 Å². The van der Waals surface area contributed by atoms with Crippen molar-refractivity contribution in [3.8, 4) is 0 Å². The van der Waals surface area contributed by atoms with Crippen LogP contribution >= 0.6 is 0 Å². The van der Waals surface area contributed by atoms with Gasteiger partial charge in [0.2, 0.25) is 0 Å². The quantitative estimate of drug-likeness (QED) is 0.864. The molecular weight excluding hydrogens is 252 g/mol. The molecule has 106 valence electrons. The monoisotopic (exact) mass is 271 g/mol. The Hall–Kier alpha value is -1.72. The zero-order valence-corrected chi connectivity index (χ0v) is 11.4. The predicted octanol–water partition coefficient (Wildman–Crippen LogP) is 2.41. The van der Waals surface area contributed by atoms with E-state index >= 15 is 0 Å². The Morgan fingerprint density at radius 1 is 1.42 bits per heavy atom. The second-order valence-corrected chi connectivity index (χ2v) is 4.19. The van der Waals surface area contributed by atoms with Crippen LogP contribution in [0.5, 0.6) is 0 Å². The third-order valence-corrected chi connectivity index (χ3v) is 2.60. The van der Waals surface area contributed by atoms with Crippen molar-refractivity contribution in [2.75, 3.05) is 25.5 Å². The van der Waals surface area contributed by atoms with Gasteiger partial charge in [0.25, 0.3) is 12.3 Å². The van der Waals surface area contributed by atoms with Crippen LogP contribution in [0.15, 0.2) is 12.1 Å². The Bertz CT molecular complexity index is 438. The molecule has 0 radical (unpaired) electrons. The van der Waals surface area contributed by atoms with Gasteiger partial charge in [-0.2, -0.15) is 0 Å². The number of carbonyl (C=O) groups excluding carboxylic acids is 1. The SMILES string of the molecule is CCNc1cc(C(=O)N(C)CC(F)F)cc(CC)n1. The van der Waals surface area contributed by atoms with Crippen molar-refractivity contribution in [3.05, 3.63) is 23.4 Å². The molecule has 19 heavy (non-hydrogen) atoms. The van der Waals surface area contributed by atoms with Gasteiger partial charge < -0.3 is 10.2 Å². The van der Waals surface area contributed by atoms with Gasteiger partial charge in [-0.3, -0.25) is 4.79 Å². The van der Waals surface area contributed by atoms with Crippen LogP contribution in [0.25, 0.3) is 0 Å². The average Bonchev–Trinajstić information content (AvgIpc) is 2.37. The van der Waals surface area contributed by atoms with Crippen LogP contribution in [0, 0.1) is 0 Å². The molecule has 4 nitrogen and oxygen atoms in total. The first-order valence-corrected chi connectivity index (χ1v) is 6.26. The molecule has 0 aliphatic heterocycles. The number of anilines is 1. The fraction of sp³-hybridized carbons (Fsp3) is 0.538. The molecule has 0 atom stereocenters. The van der Waals surface area contributed by atoms with E-state index in [1.54, 1.807) is 12.1 Å². The molecule has 0 bridgehead atoms. The van der Waals surface area contributed by atoms with E-state index in [4.69, 9.17) is 0 Å². The summed E-state index contributed by atoms with van der Waals surface area (Å²) in [5.41, 5.74) is 1.14. The van der Waals surface area contributed by atoms with E-state index < -0.39 is 18.9 Å². The van der Waals surface area contributed by atoms with Gasteiger partial charge in [0.15, 0.2) is 0 Å². The molecule has 1 amide bonds. The Morgan fingerprint density at radius 2 is 2.11 bits per heavy atom. The molecule has 0 saturated carbocycles. The molecule has 1 aromatic rings. The number of nitrogens with zero attached hydrogens (tertiary/aromatic N) is 2. The van der Waals surface area contributed by atoms with Crippen LogP contribution in [-0.4, -0.2) is 42.4 Å². The Labute approximate surface area is 111 Å². The van der Waals surface area contributed by atoms with Crippen LogP contribution in [0.3, 0.4) is 0 Å². The van der Waals surface area contributed by atoms with E-state index in [9.17, 15) is 13.6 Å². The molecule has 1 rings (SSSR count). The topological polar surface area (TPSA) is 45.2 Å². The number of pyridine rings is 1. The first kappa shape index (κ1) is 15.3. The van der Waals surface area contributed by atoms with Crippen molar-refractivity contribution in [1.82, 2.24) is 9.88 Å². The normalized spacial score (nSPS) is 10.6. The number of aryl methyl sites for hydroxylation is 1. The van der Waals surface area contributed by atoms with E-state index in [0.29, 0.717) is 24.3 Å². The van der Waals surface area contributed by atoms with Crippen LogP contribution in [0.1, 0.15) is 29.9 Å². The van der Waals surface area contributed by atoms with Gasteiger partial charge in [-0.15, -0.1) is 0 Å². The molecule has 0 aliphatic rings. The number of alkyl halides is 2. The van der Waals surface area contributed by atoms with E-state index in [-0.39, 0.29) is 0 Å². The molecule has 0 aromatic carbocycles. The van der Waals surface area contributed by atoms with Crippen molar-refractivity contribution in [2.24, 2.45) is 0 Å². The zero-order valence-electron chi connectivity index (χ0n) is 11.4. The number of hydrogen-bond donors (Lipinski definition) is 1. The number of nitrogens with one attached hydrogen (secondary N) is 1. The maximum atomic E-state index is 12.3. The lowest BCUT2D eigenvalue weighted by atomic mass is 10.1. The number of halogens is 2. The number of rotatable bonds is 6. The summed E-state index contributed by atoms with van der Waals surface area (Å²) in [4.78, 5) is 17.4. The minimum absolute atomic E-state index is 0.381. The highest BCUT2D eigenvalue weighted by Crippen LogP contribution is 2.13. The highest BCUT2D eigenvalue weighted by Gasteiger charge is 2.17. The zero-order chi connectivity index (χ0) is 14.4. The molecule has 0 saturated heterocycles. The number of carbonyl (C=O) groups is 1. The standard InChI is InChI=1S/C13H19F2N3O/c1-4-10-6-9(7-12(17-10)16-5-2)13(19)18(3)8-11(14)15/h6-7,11H,4-5,8H2,1-3H3,(H,16,17). The largest absolute Gasteiger partial charge is 0.370 e. The summed E-state index contributed by atoms with van der Waals surface area (Å²) in [6.07, 6.45) is -1.85. The van der Waals surface area contributed by atoms with Crippen LogP contribution in [-0.2, 0) is 6.42 Å². The van der Waals surface area contributed by atoms with Gasteiger partial charge in [-0.25, -0.2) is 13.8 Å². The second-order valence-electron chi connectivity index (χ2n) is 4.19.